The summed E-state index contributed by atoms with van der Waals surface area (Å²) in [6.45, 7) is 4.59. The normalized spacial score (nSPS) is 14.9. The number of benzene rings is 1. The van der Waals surface area contributed by atoms with E-state index in [1.54, 1.807) is 0 Å². The average Bonchev–Trinajstić information content (AvgIpc) is 2.81. The summed E-state index contributed by atoms with van der Waals surface area (Å²) in [5.74, 6) is 0.754. The zero-order valence-corrected chi connectivity index (χ0v) is 13.6. The third kappa shape index (κ3) is 2.79. The summed E-state index contributed by atoms with van der Waals surface area (Å²) in [5.41, 5.74) is 1.44. The van der Waals surface area contributed by atoms with E-state index in [0.29, 0.717) is 6.04 Å². The van der Waals surface area contributed by atoms with Crippen molar-refractivity contribution in [2.45, 2.75) is 32.7 Å². The van der Waals surface area contributed by atoms with Crippen LogP contribution in [0.15, 0.2) is 28.1 Å². The van der Waals surface area contributed by atoms with E-state index < -0.39 is 0 Å². The minimum Gasteiger partial charge on any atom is -0.313 e. The van der Waals surface area contributed by atoms with Gasteiger partial charge in [0.05, 0.1) is 0 Å². The highest BCUT2D eigenvalue weighted by Gasteiger charge is 2.17. The Morgan fingerprint density at radius 2 is 2.17 bits per heavy atom. The van der Waals surface area contributed by atoms with Crippen LogP contribution in [-0.2, 0) is 0 Å². The molecule has 1 aromatic heterocycles. The first kappa shape index (κ1) is 14.0. The number of hydrogen-bond acceptors (Lipinski definition) is 2. The predicted molar refractivity (Wildman–Crippen MR) is 85.4 cm³/mol. The van der Waals surface area contributed by atoms with Gasteiger partial charge in [-0.05, 0) is 57.7 Å². The lowest BCUT2D eigenvalue weighted by Gasteiger charge is -2.19. The lowest BCUT2D eigenvalue weighted by atomic mass is 9.94. The second-order valence-electron chi connectivity index (χ2n) is 4.90. The third-order valence-corrected chi connectivity index (χ3v) is 5.61. The van der Waals surface area contributed by atoms with Gasteiger partial charge in [-0.2, -0.15) is 0 Å². The highest BCUT2D eigenvalue weighted by molar-refractivity contribution is 9.10. The van der Waals surface area contributed by atoms with E-state index in [4.69, 9.17) is 0 Å². The number of halogens is 1. The van der Waals surface area contributed by atoms with E-state index in [1.807, 2.05) is 11.3 Å². The summed E-state index contributed by atoms with van der Waals surface area (Å²) >= 11 is 5.47. The summed E-state index contributed by atoms with van der Waals surface area (Å²) in [7, 11) is 2.06. The van der Waals surface area contributed by atoms with Crippen molar-refractivity contribution in [3.8, 4) is 0 Å². The maximum absolute atomic E-state index is 3.64. The zero-order valence-electron chi connectivity index (χ0n) is 11.2. The molecule has 0 bridgehead atoms. The van der Waals surface area contributed by atoms with Crippen molar-refractivity contribution in [2.24, 2.45) is 5.92 Å². The van der Waals surface area contributed by atoms with Crippen LogP contribution in [0.4, 0.5) is 0 Å². The Kier molecular flexibility index (Phi) is 4.82. The Hall–Kier alpha value is -0.380. The molecule has 0 fully saturated rings. The fourth-order valence-corrected chi connectivity index (χ4v) is 3.96. The van der Waals surface area contributed by atoms with Gasteiger partial charge in [0, 0.05) is 15.2 Å². The summed E-state index contributed by atoms with van der Waals surface area (Å²) < 4.78 is 2.56. The van der Waals surface area contributed by atoms with Crippen molar-refractivity contribution in [1.82, 2.24) is 5.32 Å². The molecule has 3 heteroatoms. The molecule has 0 saturated heterocycles. The van der Waals surface area contributed by atoms with E-state index in [1.165, 1.54) is 33.0 Å². The highest BCUT2D eigenvalue weighted by atomic mass is 79.9. The smallest absolute Gasteiger partial charge is 0.0488 e. The Morgan fingerprint density at radius 3 is 2.83 bits per heavy atom. The molecule has 2 unspecified atom stereocenters. The molecule has 1 N–H and O–H groups in total. The van der Waals surface area contributed by atoms with Crippen LogP contribution < -0.4 is 5.32 Å². The first-order valence-corrected chi connectivity index (χ1v) is 8.17. The topological polar surface area (TPSA) is 12.0 Å². The Morgan fingerprint density at radius 1 is 1.39 bits per heavy atom. The van der Waals surface area contributed by atoms with Gasteiger partial charge >= 0.3 is 0 Å². The summed E-state index contributed by atoms with van der Waals surface area (Å²) in [6, 6.07) is 6.93. The maximum atomic E-state index is 3.64. The van der Waals surface area contributed by atoms with Gasteiger partial charge in [0.1, 0.15) is 0 Å². The SMILES string of the molecule is CCC(C)CC(NC)c1csc2c(Br)cccc12. The van der Waals surface area contributed by atoms with Gasteiger partial charge in [-0.25, -0.2) is 0 Å². The summed E-state index contributed by atoms with van der Waals surface area (Å²) in [6.07, 6.45) is 2.44. The van der Waals surface area contributed by atoms with Crippen molar-refractivity contribution >= 4 is 37.4 Å². The molecule has 2 rings (SSSR count). The monoisotopic (exact) mass is 325 g/mol. The van der Waals surface area contributed by atoms with Crippen LogP contribution in [-0.4, -0.2) is 7.05 Å². The van der Waals surface area contributed by atoms with Crippen molar-refractivity contribution in [2.75, 3.05) is 7.05 Å². The van der Waals surface area contributed by atoms with Crippen LogP contribution in [0.1, 0.15) is 38.3 Å². The van der Waals surface area contributed by atoms with Crippen molar-refractivity contribution in [3.63, 3.8) is 0 Å². The number of hydrogen-bond donors (Lipinski definition) is 1. The quantitative estimate of drug-likeness (QED) is 0.780. The number of fused-ring (bicyclic) bond motifs is 1. The largest absolute Gasteiger partial charge is 0.313 e. The van der Waals surface area contributed by atoms with Gasteiger partial charge in [-0.15, -0.1) is 11.3 Å². The van der Waals surface area contributed by atoms with Crippen molar-refractivity contribution in [1.29, 1.82) is 0 Å². The Bertz CT molecular complexity index is 520. The van der Waals surface area contributed by atoms with Gasteiger partial charge in [0.2, 0.25) is 0 Å². The molecule has 0 aliphatic heterocycles. The molecular formula is C15H20BrNS. The van der Waals surface area contributed by atoms with Gasteiger partial charge < -0.3 is 5.32 Å². The second kappa shape index (κ2) is 6.18. The first-order chi connectivity index (χ1) is 8.67. The van der Waals surface area contributed by atoms with Crippen molar-refractivity contribution in [3.05, 3.63) is 33.6 Å². The van der Waals surface area contributed by atoms with Gasteiger partial charge in [0.15, 0.2) is 0 Å². The predicted octanol–water partition coefficient (Wildman–Crippen LogP) is 5.36. The second-order valence-corrected chi connectivity index (χ2v) is 6.63. The van der Waals surface area contributed by atoms with E-state index in [0.717, 1.165) is 5.92 Å². The van der Waals surface area contributed by atoms with Gasteiger partial charge in [-0.1, -0.05) is 32.4 Å². The first-order valence-electron chi connectivity index (χ1n) is 6.50. The molecule has 0 aliphatic carbocycles. The molecule has 98 valence electrons. The van der Waals surface area contributed by atoms with Crippen LogP contribution in [0.3, 0.4) is 0 Å². The zero-order chi connectivity index (χ0) is 13.1. The minimum absolute atomic E-state index is 0.461. The van der Waals surface area contributed by atoms with Crippen LogP contribution in [0.2, 0.25) is 0 Å². The molecular weight excluding hydrogens is 306 g/mol. The number of rotatable bonds is 5. The van der Waals surface area contributed by atoms with Crippen molar-refractivity contribution < 1.29 is 0 Å². The molecule has 2 atom stereocenters. The number of thiophene rings is 1. The molecule has 2 aromatic rings. The summed E-state index contributed by atoms with van der Waals surface area (Å²) in [5, 5.41) is 7.16. The standard InChI is InChI=1S/C15H20BrNS/c1-4-10(2)8-14(17-3)12-9-18-15-11(12)6-5-7-13(15)16/h5-7,9-10,14,17H,4,8H2,1-3H3. The van der Waals surface area contributed by atoms with Gasteiger partial charge in [-0.3, -0.25) is 0 Å². The van der Waals surface area contributed by atoms with E-state index in [9.17, 15) is 0 Å². The molecule has 1 aromatic carbocycles. The molecule has 1 heterocycles. The molecule has 0 radical (unpaired) electrons. The Labute approximate surface area is 122 Å². The fourth-order valence-electron chi connectivity index (χ4n) is 2.28. The number of nitrogens with one attached hydrogen (secondary N) is 1. The fraction of sp³-hybridized carbons (Fsp3) is 0.467. The molecule has 1 nitrogen and oxygen atoms in total. The molecule has 18 heavy (non-hydrogen) atoms. The van der Waals surface area contributed by atoms with E-state index in [-0.39, 0.29) is 0 Å². The van der Waals surface area contributed by atoms with E-state index in [2.05, 4.69) is 65.7 Å². The van der Waals surface area contributed by atoms with E-state index >= 15 is 0 Å². The average molecular weight is 326 g/mol. The lowest BCUT2D eigenvalue weighted by molar-refractivity contribution is 0.424. The minimum atomic E-state index is 0.461. The molecule has 0 saturated carbocycles. The molecule has 0 aliphatic rings. The Balaban J connectivity index is 2.37. The summed E-state index contributed by atoms with van der Waals surface area (Å²) in [4.78, 5) is 0. The van der Waals surface area contributed by atoms with Crippen LogP contribution in [0.25, 0.3) is 10.1 Å². The molecule has 0 amide bonds. The van der Waals surface area contributed by atoms with Crippen LogP contribution in [0, 0.1) is 5.92 Å². The van der Waals surface area contributed by atoms with Crippen LogP contribution >= 0.6 is 27.3 Å². The molecule has 0 spiro atoms. The highest BCUT2D eigenvalue weighted by Crippen LogP contribution is 2.37. The lowest BCUT2D eigenvalue weighted by Crippen LogP contribution is -2.18. The third-order valence-electron chi connectivity index (χ3n) is 3.64. The maximum Gasteiger partial charge on any atom is 0.0488 e. The van der Waals surface area contributed by atoms with Gasteiger partial charge in [0.25, 0.3) is 0 Å². The van der Waals surface area contributed by atoms with Crippen LogP contribution in [0.5, 0.6) is 0 Å².